The van der Waals surface area contributed by atoms with Crippen molar-refractivity contribution < 1.29 is 12.9 Å². The van der Waals surface area contributed by atoms with E-state index in [1.807, 2.05) is 0 Å². The molecule has 1 aliphatic carbocycles. The van der Waals surface area contributed by atoms with Crippen LogP contribution in [-0.2, 0) is 0 Å². The van der Waals surface area contributed by atoms with Gasteiger partial charge in [-0.3, -0.25) is 0 Å². The lowest BCUT2D eigenvalue weighted by molar-refractivity contribution is 0.417. The maximum Gasteiger partial charge on any atom is 0.506 e. The van der Waals surface area contributed by atoms with Crippen molar-refractivity contribution in [2.75, 3.05) is 0 Å². The lowest BCUT2D eigenvalue weighted by Crippen LogP contribution is -2.13. The maximum absolute atomic E-state index is 11.7. The van der Waals surface area contributed by atoms with E-state index < -0.39 is 6.98 Å². The zero-order chi connectivity index (χ0) is 9.03. The molecular weight excluding hydrogens is 164 g/mol. The molecule has 0 nitrogen and oxygen atoms in total. The minimum atomic E-state index is -4.83. The zero-order valence-electron chi connectivity index (χ0n) is 6.90. The van der Waals surface area contributed by atoms with Crippen LogP contribution in [0.25, 0.3) is 0 Å². The van der Waals surface area contributed by atoms with E-state index in [0.717, 1.165) is 25.7 Å². The highest BCUT2D eigenvalue weighted by molar-refractivity contribution is 6.61. The van der Waals surface area contributed by atoms with Crippen molar-refractivity contribution in [3.05, 3.63) is 12.1 Å². The highest BCUT2D eigenvalue weighted by atomic mass is 19.4. The van der Waals surface area contributed by atoms with Gasteiger partial charge in [0.25, 0.3) is 0 Å². The standard InChI is InChI=1S/C8H12BF3/c10-9(11,12)7-6-8-4-2-1-3-5-8/h6,8H,1-5H2/q-1. The molecule has 12 heavy (non-hydrogen) atoms. The monoisotopic (exact) mass is 176 g/mol. The number of allylic oxidation sites excluding steroid dienone is 1. The smallest absolute Gasteiger partial charge is 0.445 e. The van der Waals surface area contributed by atoms with Crippen LogP contribution in [0.2, 0.25) is 0 Å². The molecule has 0 aromatic rings. The molecule has 69 valence electrons. The Morgan fingerprint density at radius 1 is 1.08 bits per heavy atom. The number of hydrogen-bond acceptors (Lipinski definition) is 0. The molecule has 4 heteroatoms. The van der Waals surface area contributed by atoms with Crippen molar-refractivity contribution in [2.45, 2.75) is 32.1 Å². The Labute approximate surface area is 70.9 Å². The predicted octanol–water partition coefficient (Wildman–Crippen LogP) is 3.31. The number of hydrogen-bond donors (Lipinski definition) is 0. The fraction of sp³-hybridized carbons (Fsp3) is 0.750. The first-order valence-corrected chi connectivity index (χ1v) is 4.38. The van der Waals surface area contributed by atoms with Crippen LogP contribution in [0.5, 0.6) is 0 Å². The third-order valence-electron chi connectivity index (χ3n) is 2.17. The number of rotatable bonds is 2. The van der Waals surface area contributed by atoms with E-state index in [9.17, 15) is 12.9 Å². The van der Waals surface area contributed by atoms with Crippen LogP contribution in [0.4, 0.5) is 12.9 Å². The fourth-order valence-corrected chi connectivity index (χ4v) is 1.55. The highest BCUT2D eigenvalue weighted by Crippen LogP contribution is 2.25. The van der Waals surface area contributed by atoms with E-state index in [0.29, 0.717) is 0 Å². The number of halogens is 3. The van der Waals surface area contributed by atoms with Gasteiger partial charge < -0.3 is 12.9 Å². The van der Waals surface area contributed by atoms with Crippen molar-refractivity contribution in [3.8, 4) is 0 Å². The third kappa shape index (κ3) is 3.84. The molecule has 0 saturated heterocycles. The lowest BCUT2D eigenvalue weighted by Gasteiger charge is -2.19. The molecule has 0 heterocycles. The van der Waals surface area contributed by atoms with Crippen LogP contribution in [0.3, 0.4) is 0 Å². The fourth-order valence-electron chi connectivity index (χ4n) is 1.55. The average molecular weight is 176 g/mol. The minimum Gasteiger partial charge on any atom is -0.445 e. The summed E-state index contributed by atoms with van der Waals surface area (Å²) >= 11 is 0. The van der Waals surface area contributed by atoms with Crippen molar-refractivity contribution in [3.63, 3.8) is 0 Å². The second kappa shape index (κ2) is 4.01. The molecule has 1 rings (SSSR count). The highest BCUT2D eigenvalue weighted by Gasteiger charge is 2.19. The first-order valence-electron chi connectivity index (χ1n) is 4.38. The van der Waals surface area contributed by atoms with Gasteiger partial charge in [-0.15, -0.1) is 12.1 Å². The summed E-state index contributed by atoms with van der Waals surface area (Å²) in [6, 6.07) is 0. The summed E-state index contributed by atoms with van der Waals surface area (Å²) in [5.41, 5.74) is 0. The van der Waals surface area contributed by atoms with Gasteiger partial charge in [-0.2, -0.15) is 0 Å². The molecule has 0 aromatic carbocycles. The molecule has 0 atom stereocenters. The van der Waals surface area contributed by atoms with Crippen LogP contribution in [-0.4, -0.2) is 6.98 Å². The third-order valence-corrected chi connectivity index (χ3v) is 2.17. The molecule has 1 radical (unpaired) electrons. The molecule has 1 saturated carbocycles. The normalized spacial score (nSPS) is 21.9. The van der Waals surface area contributed by atoms with E-state index in [-0.39, 0.29) is 5.92 Å². The summed E-state index contributed by atoms with van der Waals surface area (Å²) in [7, 11) is 0. The van der Waals surface area contributed by atoms with Gasteiger partial charge in [0, 0.05) is 0 Å². The Morgan fingerprint density at radius 3 is 2.17 bits per heavy atom. The Kier molecular flexibility index (Phi) is 3.24. The van der Waals surface area contributed by atoms with E-state index in [1.165, 1.54) is 18.5 Å². The molecule has 0 bridgehead atoms. The Hall–Kier alpha value is -0.405. The second-order valence-electron chi connectivity index (χ2n) is 3.31. The second-order valence-corrected chi connectivity index (χ2v) is 3.31. The molecule has 1 aliphatic rings. The lowest BCUT2D eigenvalue weighted by atomic mass is 9.84. The SMILES string of the molecule is F[B-](F)(F)[C]=CC1CCCCC1. The first kappa shape index (κ1) is 9.68. The zero-order valence-corrected chi connectivity index (χ0v) is 6.90. The maximum atomic E-state index is 11.7. The van der Waals surface area contributed by atoms with Gasteiger partial charge in [0.15, 0.2) is 0 Å². The molecule has 0 amide bonds. The van der Waals surface area contributed by atoms with Crippen molar-refractivity contribution in [1.82, 2.24) is 0 Å². The van der Waals surface area contributed by atoms with Crippen LogP contribution in [0.15, 0.2) is 6.08 Å². The summed E-state index contributed by atoms with van der Waals surface area (Å²) in [4.78, 5) is 0. The Morgan fingerprint density at radius 2 is 1.67 bits per heavy atom. The van der Waals surface area contributed by atoms with E-state index in [2.05, 4.69) is 0 Å². The van der Waals surface area contributed by atoms with Crippen molar-refractivity contribution in [2.24, 2.45) is 5.92 Å². The van der Waals surface area contributed by atoms with Gasteiger partial charge in [-0.05, 0) is 18.8 Å². The topological polar surface area (TPSA) is 0 Å². The summed E-state index contributed by atoms with van der Waals surface area (Å²) < 4.78 is 35.2. The van der Waals surface area contributed by atoms with Crippen LogP contribution in [0.1, 0.15) is 32.1 Å². The van der Waals surface area contributed by atoms with Gasteiger partial charge >= 0.3 is 6.98 Å². The van der Waals surface area contributed by atoms with Crippen LogP contribution in [0, 0.1) is 11.9 Å². The van der Waals surface area contributed by atoms with Crippen LogP contribution < -0.4 is 0 Å². The molecule has 0 aliphatic heterocycles. The summed E-state index contributed by atoms with van der Waals surface area (Å²) in [6.07, 6.45) is 6.32. The predicted molar refractivity (Wildman–Crippen MR) is 43.5 cm³/mol. The quantitative estimate of drug-likeness (QED) is 0.566. The van der Waals surface area contributed by atoms with E-state index >= 15 is 0 Å². The molecule has 0 aromatic heterocycles. The van der Waals surface area contributed by atoms with Gasteiger partial charge in [-0.1, -0.05) is 19.3 Å². The Balaban J connectivity index is 2.33. The van der Waals surface area contributed by atoms with Gasteiger partial charge in [-0.25, -0.2) is 0 Å². The summed E-state index contributed by atoms with van der Waals surface area (Å²) in [5.74, 6) is 1.66. The molecular formula is C8H12BF3-. The molecule has 1 fully saturated rings. The van der Waals surface area contributed by atoms with E-state index in [1.54, 1.807) is 0 Å². The minimum absolute atomic E-state index is 0.127. The summed E-state index contributed by atoms with van der Waals surface area (Å²) in [6.45, 7) is -4.83. The van der Waals surface area contributed by atoms with Gasteiger partial charge in [0.1, 0.15) is 0 Å². The molecule has 0 N–H and O–H groups in total. The Bertz CT molecular complexity index is 156. The van der Waals surface area contributed by atoms with Crippen LogP contribution >= 0.6 is 0 Å². The van der Waals surface area contributed by atoms with Crippen molar-refractivity contribution >= 4 is 6.98 Å². The van der Waals surface area contributed by atoms with Crippen molar-refractivity contribution in [1.29, 1.82) is 0 Å². The summed E-state index contributed by atoms with van der Waals surface area (Å²) in [5, 5.41) is 0. The first-order chi connectivity index (χ1) is 5.58. The average Bonchev–Trinajstić information content (AvgIpc) is 2.02. The van der Waals surface area contributed by atoms with Gasteiger partial charge in [0.05, 0.1) is 0 Å². The molecule has 0 unspecified atom stereocenters. The van der Waals surface area contributed by atoms with Gasteiger partial charge in [0.2, 0.25) is 0 Å². The largest absolute Gasteiger partial charge is 0.506 e. The molecule has 0 spiro atoms. The van der Waals surface area contributed by atoms with E-state index in [4.69, 9.17) is 0 Å².